The molecule has 0 unspecified atom stereocenters. The van der Waals surface area contributed by atoms with Crippen LogP contribution in [0.2, 0.25) is 5.28 Å². The summed E-state index contributed by atoms with van der Waals surface area (Å²) in [4.78, 5) is 17.2. The third-order valence-corrected chi connectivity index (χ3v) is 2.74. The summed E-state index contributed by atoms with van der Waals surface area (Å²) < 4.78 is 19.2. The quantitative estimate of drug-likeness (QED) is 0.480. The monoisotopic (exact) mass is 347 g/mol. The molecule has 0 amide bonds. The van der Waals surface area contributed by atoms with Crippen molar-refractivity contribution in [3.05, 3.63) is 50.1 Å². The minimum atomic E-state index is -0.879. The Bertz CT molecular complexity index is 656. The van der Waals surface area contributed by atoms with Crippen LogP contribution >= 0.6 is 27.5 Å². The van der Waals surface area contributed by atoms with E-state index in [0.717, 1.165) is 18.2 Å². The molecule has 0 fully saturated rings. The van der Waals surface area contributed by atoms with Crippen LogP contribution in [-0.2, 0) is 0 Å². The lowest BCUT2D eigenvalue weighted by Crippen LogP contribution is -1.95. The van der Waals surface area contributed by atoms with Crippen molar-refractivity contribution in [3.8, 4) is 11.6 Å². The van der Waals surface area contributed by atoms with E-state index in [1.54, 1.807) is 0 Å². The summed E-state index contributed by atoms with van der Waals surface area (Å²) in [5, 5.41) is 10.4. The van der Waals surface area contributed by atoms with E-state index in [0.29, 0.717) is 4.47 Å². The molecule has 2 rings (SSSR count). The SMILES string of the molecule is O=[N+]([O-])c1ccc(Oc2nc(Cl)ncc2Br)c(F)c1. The Morgan fingerprint density at radius 3 is 2.84 bits per heavy atom. The third-order valence-electron chi connectivity index (χ3n) is 2.02. The van der Waals surface area contributed by atoms with Crippen LogP contribution < -0.4 is 4.74 Å². The van der Waals surface area contributed by atoms with Crippen LogP contribution in [0.5, 0.6) is 11.6 Å². The summed E-state index contributed by atoms with van der Waals surface area (Å²) >= 11 is 8.69. The van der Waals surface area contributed by atoms with Crippen LogP contribution in [0.1, 0.15) is 0 Å². The number of non-ortho nitro benzene ring substituents is 1. The molecule has 0 bridgehead atoms. The minimum Gasteiger partial charge on any atom is -0.435 e. The van der Waals surface area contributed by atoms with E-state index in [-0.39, 0.29) is 22.6 Å². The maximum atomic E-state index is 13.6. The first-order valence-electron chi connectivity index (χ1n) is 4.77. The van der Waals surface area contributed by atoms with Gasteiger partial charge in [0.15, 0.2) is 11.6 Å². The molecule has 1 heterocycles. The number of ether oxygens (including phenoxy) is 1. The summed E-state index contributed by atoms with van der Waals surface area (Å²) in [5.74, 6) is -1.08. The molecule has 6 nitrogen and oxygen atoms in total. The fourth-order valence-electron chi connectivity index (χ4n) is 1.19. The molecule has 0 atom stereocenters. The summed E-state index contributed by atoms with van der Waals surface area (Å²) in [6.07, 6.45) is 1.34. The van der Waals surface area contributed by atoms with Crippen molar-refractivity contribution in [2.24, 2.45) is 0 Å². The first-order valence-corrected chi connectivity index (χ1v) is 5.94. The highest BCUT2D eigenvalue weighted by molar-refractivity contribution is 9.10. The molecule has 1 aromatic carbocycles. The van der Waals surface area contributed by atoms with Crippen LogP contribution in [0.3, 0.4) is 0 Å². The van der Waals surface area contributed by atoms with Gasteiger partial charge < -0.3 is 4.74 Å². The van der Waals surface area contributed by atoms with E-state index in [2.05, 4.69) is 25.9 Å². The number of benzene rings is 1. The molecular formula is C10H4BrClFN3O3. The van der Waals surface area contributed by atoms with Crippen molar-refractivity contribution in [1.82, 2.24) is 9.97 Å². The van der Waals surface area contributed by atoms with Crippen molar-refractivity contribution >= 4 is 33.2 Å². The molecule has 0 aliphatic rings. The molecule has 0 N–H and O–H groups in total. The molecule has 1 aromatic heterocycles. The van der Waals surface area contributed by atoms with E-state index in [1.165, 1.54) is 6.20 Å². The Labute approximate surface area is 119 Å². The van der Waals surface area contributed by atoms with Gasteiger partial charge >= 0.3 is 0 Å². The van der Waals surface area contributed by atoms with Gasteiger partial charge in [-0.05, 0) is 33.6 Å². The topological polar surface area (TPSA) is 78.2 Å². The largest absolute Gasteiger partial charge is 0.435 e. The zero-order chi connectivity index (χ0) is 14.0. The molecular weight excluding hydrogens is 344 g/mol. The van der Waals surface area contributed by atoms with Crippen LogP contribution in [-0.4, -0.2) is 14.9 Å². The maximum Gasteiger partial charge on any atom is 0.272 e. The number of halogens is 3. The van der Waals surface area contributed by atoms with Gasteiger partial charge in [-0.25, -0.2) is 9.37 Å². The molecule has 0 radical (unpaired) electrons. The van der Waals surface area contributed by atoms with Crippen molar-refractivity contribution in [1.29, 1.82) is 0 Å². The lowest BCUT2D eigenvalue weighted by atomic mass is 10.3. The van der Waals surface area contributed by atoms with Gasteiger partial charge in [-0.15, -0.1) is 0 Å². The van der Waals surface area contributed by atoms with Gasteiger partial charge in [-0.3, -0.25) is 10.1 Å². The molecule has 2 aromatic rings. The van der Waals surface area contributed by atoms with Gasteiger partial charge in [-0.1, -0.05) is 0 Å². The lowest BCUT2D eigenvalue weighted by molar-refractivity contribution is -0.385. The van der Waals surface area contributed by atoms with E-state index in [4.69, 9.17) is 16.3 Å². The average molecular weight is 349 g/mol. The Morgan fingerprint density at radius 1 is 1.47 bits per heavy atom. The van der Waals surface area contributed by atoms with Crippen molar-refractivity contribution in [2.75, 3.05) is 0 Å². The maximum absolute atomic E-state index is 13.6. The number of hydrogen-bond acceptors (Lipinski definition) is 5. The van der Waals surface area contributed by atoms with Gasteiger partial charge in [-0.2, -0.15) is 4.98 Å². The standard InChI is InChI=1S/C10H4BrClFN3O3/c11-6-4-14-10(12)15-9(6)19-8-2-1-5(16(17)18)3-7(8)13/h1-4H. The predicted molar refractivity (Wildman–Crippen MR) is 67.9 cm³/mol. The molecule has 19 heavy (non-hydrogen) atoms. The van der Waals surface area contributed by atoms with Crippen molar-refractivity contribution in [3.63, 3.8) is 0 Å². The number of rotatable bonds is 3. The Hall–Kier alpha value is -1.80. The van der Waals surface area contributed by atoms with Crippen LogP contribution in [0.25, 0.3) is 0 Å². The summed E-state index contributed by atoms with van der Waals surface area (Å²) in [6.45, 7) is 0. The van der Waals surface area contributed by atoms with Gasteiger partial charge in [0, 0.05) is 12.3 Å². The highest BCUT2D eigenvalue weighted by atomic mass is 79.9. The Morgan fingerprint density at radius 2 is 2.21 bits per heavy atom. The highest BCUT2D eigenvalue weighted by Gasteiger charge is 2.14. The summed E-state index contributed by atoms with van der Waals surface area (Å²) in [6, 6.07) is 3.01. The molecule has 0 saturated carbocycles. The van der Waals surface area contributed by atoms with Crippen LogP contribution in [0.4, 0.5) is 10.1 Å². The normalized spacial score (nSPS) is 10.3. The third kappa shape index (κ3) is 3.15. The fourth-order valence-corrected chi connectivity index (χ4v) is 1.59. The van der Waals surface area contributed by atoms with E-state index >= 15 is 0 Å². The number of nitrogens with zero attached hydrogens (tertiary/aromatic N) is 3. The first kappa shape index (κ1) is 13.6. The smallest absolute Gasteiger partial charge is 0.272 e. The van der Waals surface area contributed by atoms with Gasteiger partial charge in [0.2, 0.25) is 11.2 Å². The highest BCUT2D eigenvalue weighted by Crippen LogP contribution is 2.30. The van der Waals surface area contributed by atoms with E-state index in [1.807, 2.05) is 0 Å². The van der Waals surface area contributed by atoms with Gasteiger partial charge in [0.25, 0.3) is 5.69 Å². The summed E-state index contributed by atoms with van der Waals surface area (Å²) in [7, 11) is 0. The van der Waals surface area contributed by atoms with Crippen molar-refractivity contribution < 1.29 is 14.1 Å². The second-order valence-corrected chi connectivity index (χ2v) is 4.46. The van der Waals surface area contributed by atoms with Crippen LogP contribution in [0, 0.1) is 15.9 Å². The number of aromatic nitrogens is 2. The lowest BCUT2D eigenvalue weighted by Gasteiger charge is -2.07. The molecule has 9 heteroatoms. The average Bonchev–Trinajstić information content (AvgIpc) is 2.36. The second kappa shape index (κ2) is 5.45. The van der Waals surface area contributed by atoms with Crippen molar-refractivity contribution in [2.45, 2.75) is 0 Å². The van der Waals surface area contributed by atoms with E-state index < -0.39 is 10.7 Å². The molecule has 0 saturated heterocycles. The van der Waals surface area contributed by atoms with Gasteiger partial charge in [0.1, 0.15) is 0 Å². The number of hydrogen-bond donors (Lipinski definition) is 0. The predicted octanol–water partition coefficient (Wildman–Crippen LogP) is 3.73. The zero-order valence-corrected chi connectivity index (χ0v) is 11.4. The molecule has 0 spiro atoms. The van der Waals surface area contributed by atoms with E-state index in [9.17, 15) is 14.5 Å². The second-order valence-electron chi connectivity index (χ2n) is 3.27. The molecule has 98 valence electrons. The number of nitro benzene ring substituents is 1. The number of nitro groups is 1. The first-order chi connectivity index (χ1) is 8.97. The minimum absolute atomic E-state index is 0.00718. The van der Waals surface area contributed by atoms with Gasteiger partial charge in [0.05, 0.1) is 15.5 Å². The Balaban J connectivity index is 2.33. The summed E-state index contributed by atoms with van der Waals surface area (Å²) in [5.41, 5.74) is -0.371. The fraction of sp³-hybridized carbons (Fsp3) is 0. The Kier molecular flexibility index (Phi) is 3.91. The molecule has 0 aliphatic carbocycles. The molecule has 0 aliphatic heterocycles. The van der Waals surface area contributed by atoms with Crippen LogP contribution in [0.15, 0.2) is 28.9 Å². The zero-order valence-electron chi connectivity index (χ0n) is 9.01.